The molecule has 2 rings (SSSR count). The molecule has 0 bridgehead atoms. The van der Waals surface area contributed by atoms with E-state index in [0.29, 0.717) is 11.1 Å². The number of rotatable bonds is 2. The molecule has 0 amide bonds. The van der Waals surface area contributed by atoms with Crippen molar-refractivity contribution in [2.75, 3.05) is 0 Å². The van der Waals surface area contributed by atoms with E-state index < -0.39 is 11.3 Å². The third kappa shape index (κ3) is 2.28. The highest BCUT2D eigenvalue weighted by molar-refractivity contribution is 6.20. The first kappa shape index (κ1) is 11.6. The lowest BCUT2D eigenvalue weighted by atomic mass is 10.0. The molecular formula is C12H8Cl2F2. The lowest BCUT2D eigenvalue weighted by Gasteiger charge is -2.06. The maximum absolute atomic E-state index is 12.9. The van der Waals surface area contributed by atoms with Gasteiger partial charge in [-0.1, -0.05) is 47.5 Å². The van der Waals surface area contributed by atoms with Crippen LogP contribution < -0.4 is 0 Å². The van der Waals surface area contributed by atoms with Crippen LogP contribution in [0.4, 0.5) is 8.78 Å². The molecule has 0 fully saturated rings. The van der Waals surface area contributed by atoms with Crippen molar-refractivity contribution >= 4 is 34.0 Å². The van der Waals surface area contributed by atoms with Gasteiger partial charge in [-0.15, -0.1) is 0 Å². The quantitative estimate of drug-likeness (QED) is 0.647. The number of alkyl halides is 4. The monoisotopic (exact) mass is 260 g/mol. The minimum absolute atomic E-state index is 0.393. The fourth-order valence-corrected chi connectivity index (χ4v) is 1.83. The second-order valence-corrected chi connectivity index (χ2v) is 4.23. The Kier molecular flexibility index (Phi) is 3.31. The molecule has 2 atom stereocenters. The summed E-state index contributed by atoms with van der Waals surface area (Å²) in [5.74, 6) is 0. The maximum Gasteiger partial charge on any atom is 0.198 e. The Morgan fingerprint density at radius 3 is 1.44 bits per heavy atom. The summed E-state index contributed by atoms with van der Waals surface area (Å²) in [6.07, 6.45) is 0. The SMILES string of the molecule is FC(Cl)c1ccc2cc(C(F)Cl)ccc2c1. The van der Waals surface area contributed by atoms with Gasteiger partial charge in [0.25, 0.3) is 0 Å². The largest absolute Gasteiger partial charge is 0.225 e. The molecule has 0 aliphatic heterocycles. The minimum atomic E-state index is -1.52. The molecule has 16 heavy (non-hydrogen) atoms. The topological polar surface area (TPSA) is 0 Å². The van der Waals surface area contributed by atoms with Gasteiger partial charge in [0.1, 0.15) is 0 Å². The smallest absolute Gasteiger partial charge is 0.198 e. The van der Waals surface area contributed by atoms with Crippen LogP contribution in [0.15, 0.2) is 36.4 Å². The molecule has 0 saturated heterocycles. The number of fused-ring (bicyclic) bond motifs is 1. The number of benzene rings is 2. The molecule has 0 radical (unpaired) electrons. The van der Waals surface area contributed by atoms with E-state index in [1.54, 1.807) is 36.4 Å². The van der Waals surface area contributed by atoms with E-state index in [1.165, 1.54) is 0 Å². The van der Waals surface area contributed by atoms with Crippen molar-refractivity contribution in [1.82, 2.24) is 0 Å². The summed E-state index contributed by atoms with van der Waals surface area (Å²) in [6.45, 7) is 0. The molecule has 0 nitrogen and oxygen atoms in total. The Bertz CT molecular complexity index is 462. The third-order valence-electron chi connectivity index (χ3n) is 2.39. The van der Waals surface area contributed by atoms with Gasteiger partial charge in [-0.3, -0.25) is 0 Å². The first-order chi connectivity index (χ1) is 7.58. The summed E-state index contributed by atoms with van der Waals surface area (Å²) in [6, 6.07) is 9.82. The van der Waals surface area contributed by atoms with Gasteiger partial charge in [-0.2, -0.15) is 0 Å². The van der Waals surface area contributed by atoms with E-state index in [0.717, 1.165) is 10.8 Å². The zero-order chi connectivity index (χ0) is 11.7. The molecular weight excluding hydrogens is 253 g/mol. The van der Waals surface area contributed by atoms with Crippen LogP contribution in [0.3, 0.4) is 0 Å². The summed E-state index contributed by atoms with van der Waals surface area (Å²) in [7, 11) is 0. The summed E-state index contributed by atoms with van der Waals surface area (Å²) in [5.41, 5.74) is -2.26. The third-order valence-corrected chi connectivity index (χ3v) is 2.90. The molecule has 0 saturated carbocycles. The van der Waals surface area contributed by atoms with Crippen LogP contribution in [0, 0.1) is 0 Å². The minimum Gasteiger partial charge on any atom is -0.225 e. The summed E-state index contributed by atoms with van der Waals surface area (Å²) < 4.78 is 25.7. The van der Waals surface area contributed by atoms with Crippen molar-refractivity contribution in [3.8, 4) is 0 Å². The van der Waals surface area contributed by atoms with Crippen LogP contribution in [0.25, 0.3) is 10.8 Å². The zero-order valence-corrected chi connectivity index (χ0v) is 9.64. The van der Waals surface area contributed by atoms with E-state index in [-0.39, 0.29) is 0 Å². The zero-order valence-electron chi connectivity index (χ0n) is 8.13. The highest BCUT2D eigenvalue weighted by Crippen LogP contribution is 2.29. The molecule has 4 heteroatoms. The molecule has 0 aliphatic carbocycles. The number of hydrogen-bond donors (Lipinski definition) is 0. The van der Waals surface area contributed by atoms with Crippen molar-refractivity contribution < 1.29 is 8.78 Å². The van der Waals surface area contributed by atoms with Crippen LogP contribution in [-0.2, 0) is 0 Å². The van der Waals surface area contributed by atoms with Crippen molar-refractivity contribution in [2.24, 2.45) is 0 Å². The van der Waals surface area contributed by atoms with Gasteiger partial charge in [-0.05, 0) is 22.9 Å². The van der Waals surface area contributed by atoms with Crippen molar-refractivity contribution in [1.29, 1.82) is 0 Å². The first-order valence-corrected chi connectivity index (χ1v) is 5.55. The van der Waals surface area contributed by atoms with Crippen LogP contribution >= 0.6 is 23.2 Å². The highest BCUT2D eigenvalue weighted by Gasteiger charge is 2.08. The molecule has 2 unspecified atom stereocenters. The van der Waals surface area contributed by atoms with Crippen molar-refractivity contribution in [2.45, 2.75) is 11.3 Å². The average Bonchev–Trinajstić information content (AvgIpc) is 2.27. The summed E-state index contributed by atoms with van der Waals surface area (Å²) in [5, 5.41) is 1.61. The van der Waals surface area contributed by atoms with Gasteiger partial charge in [-0.25, -0.2) is 8.78 Å². The highest BCUT2D eigenvalue weighted by atomic mass is 35.5. The van der Waals surface area contributed by atoms with Crippen molar-refractivity contribution in [3.05, 3.63) is 47.5 Å². The van der Waals surface area contributed by atoms with E-state index in [9.17, 15) is 8.78 Å². The second kappa shape index (κ2) is 4.56. The van der Waals surface area contributed by atoms with Gasteiger partial charge in [0.05, 0.1) is 0 Å². The number of hydrogen-bond acceptors (Lipinski definition) is 0. The lowest BCUT2D eigenvalue weighted by molar-refractivity contribution is 0.460. The van der Waals surface area contributed by atoms with Gasteiger partial charge in [0, 0.05) is 11.1 Å². The molecule has 0 N–H and O–H groups in total. The van der Waals surface area contributed by atoms with Crippen LogP contribution in [-0.4, -0.2) is 0 Å². The van der Waals surface area contributed by atoms with Gasteiger partial charge in [0.15, 0.2) is 11.3 Å². The van der Waals surface area contributed by atoms with Gasteiger partial charge in [0.2, 0.25) is 0 Å². The molecule has 0 aromatic heterocycles. The normalized spacial score (nSPS) is 15.0. The molecule has 2 aromatic rings. The second-order valence-electron chi connectivity index (χ2n) is 3.47. The van der Waals surface area contributed by atoms with Gasteiger partial charge >= 0.3 is 0 Å². The Morgan fingerprint density at radius 1 is 0.750 bits per heavy atom. The van der Waals surface area contributed by atoms with E-state index in [1.807, 2.05) is 0 Å². The van der Waals surface area contributed by atoms with E-state index in [4.69, 9.17) is 23.2 Å². The molecule has 84 valence electrons. The first-order valence-electron chi connectivity index (χ1n) is 4.68. The lowest BCUT2D eigenvalue weighted by Crippen LogP contribution is -1.86. The predicted molar refractivity (Wildman–Crippen MR) is 63.4 cm³/mol. The molecule has 2 aromatic carbocycles. The van der Waals surface area contributed by atoms with Crippen molar-refractivity contribution in [3.63, 3.8) is 0 Å². The van der Waals surface area contributed by atoms with Crippen LogP contribution in [0.1, 0.15) is 22.4 Å². The fraction of sp³-hybridized carbons (Fsp3) is 0.167. The Balaban J connectivity index is 2.53. The summed E-state index contributed by atoms with van der Waals surface area (Å²) >= 11 is 10.7. The molecule has 0 heterocycles. The predicted octanol–water partition coefficient (Wildman–Crippen LogP) is 5.25. The van der Waals surface area contributed by atoms with Crippen LogP contribution in [0.2, 0.25) is 0 Å². The number of halogens is 4. The van der Waals surface area contributed by atoms with Crippen LogP contribution in [0.5, 0.6) is 0 Å². The van der Waals surface area contributed by atoms with E-state index in [2.05, 4.69) is 0 Å². The molecule has 0 aliphatic rings. The standard InChI is InChI=1S/C12H8Cl2F2/c13-11(15)9-3-1-7-5-10(12(14)16)4-2-8(7)6-9/h1-6,11-12H. The van der Waals surface area contributed by atoms with E-state index >= 15 is 0 Å². The Morgan fingerprint density at radius 2 is 1.12 bits per heavy atom. The fourth-order valence-electron chi connectivity index (χ4n) is 1.55. The average molecular weight is 261 g/mol. The van der Waals surface area contributed by atoms with Gasteiger partial charge < -0.3 is 0 Å². The summed E-state index contributed by atoms with van der Waals surface area (Å²) in [4.78, 5) is 0. The molecule has 0 spiro atoms. The maximum atomic E-state index is 12.9. The Hall–Kier alpha value is -0.860. The Labute approximate surface area is 102 Å².